The Labute approximate surface area is 199 Å². The molecular weight excluding hydrogens is 452 g/mol. The summed E-state index contributed by atoms with van der Waals surface area (Å²) in [6, 6.07) is 5.47. The van der Waals surface area contributed by atoms with Crippen LogP contribution in [0.1, 0.15) is 18.1 Å². The zero-order valence-corrected chi connectivity index (χ0v) is 18.8. The van der Waals surface area contributed by atoms with Crippen molar-refractivity contribution in [3.63, 3.8) is 0 Å². The lowest BCUT2D eigenvalue weighted by molar-refractivity contribution is -0.116. The SMILES string of the molecule is C=CCN(CC=C)c1nc2c3c(nc4c(c3c1C#N)CC(=O)N4c1ccc(F)c(F)c1)NC(C)=N2. The average molecular weight is 471 g/mol. The van der Waals surface area contributed by atoms with Crippen LogP contribution in [0.25, 0.3) is 10.8 Å². The molecule has 0 fully saturated rings. The summed E-state index contributed by atoms with van der Waals surface area (Å²) in [5.74, 6) is -0.597. The Morgan fingerprint density at radius 3 is 2.60 bits per heavy atom. The Hall–Kier alpha value is -4.65. The van der Waals surface area contributed by atoms with Gasteiger partial charge in [-0.15, -0.1) is 13.2 Å². The topological polar surface area (TPSA) is 97.5 Å². The van der Waals surface area contributed by atoms with Crippen LogP contribution in [0.15, 0.2) is 48.5 Å². The number of nitriles is 1. The summed E-state index contributed by atoms with van der Waals surface area (Å²) in [6.07, 6.45) is 3.30. The van der Waals surface area contributed by atoms with Gasteiger partial charge in [0.15, 0.2) is 17.5 Å². The van der Waals surface area contributed by atoms with E-state index < -0.39 is 11.6 Å². The predicted octanol–water partition coefficient (Wildman–Crippen LogP) is 4.65. The number of aromatic nitrogens is 2. The summed E-state index contributed by atoms with van der Waals surface area (Å²) in [5.41, 5.74) is 0.887. The Balaban J connectivity index is 1.85. The maximum absolute atomic E-state index is 14.0. The van der Waals surface area contributed by atoms with Gasteiger partial charge in [0.1, 0.15) is 34.9 Å². The van der Waals surface area contributed by atoms with E-state index in [4.69, 9.17) is 0 Å². The van der Waals surface area contributed by atoms with Gasteiger partial charge in [-0.2, -0.15) is 5.26 Å². The van der Waals surface area contributed by atoms with Crippen molar-refractivity contribution in [2.24, 2.45) is 4.99 Å². The third-order valence-electron chi connectivity index (χ3n) is 5.82. The molecule has 5 rings (SSSR count). The van der Waals surface area contributed by atoms with Gasteiger partial charge in [-0.05, 0) is 19.1 Å². The molecule has 0 unspecified atom stereocenters. The van der Waals surface area contributed by atoms with Gasteiger partial charge < -0.3 is 10.2 Å². The second-order valence-electron chi connectivity index (χ2n) is 8.07. The second-order valence-corrected chi connectivity index (χ2v) is 8.07. The van der Waals surface area contributed by atoms with Crippen LogP contribution in [0.4, 0.5) is 37.7 Å². The molecule has 0 bridgehead atoms. The number of amides is 1. The largest absolute Gasteiger partial charge is 0.348 e. The number of halogens is 2. The van der Waals surface area contributed by atoms with E-state index in [9.17, 15) is 18.8 Å². The Morgan fingerprint density at radius 1 is 1.20 bits per heavy atom. The van der Waals surface area contributed by atoms with E-state index in [1.165, 1.54) is 11.0 Å². The lowest BCUT2D eigenvalue weighted by atomic mass is 9.99. The quantitative estimate of drug-likeness (QED) is 0.526. The number of nitrogens with one attached hydrogen (secondary N) is 1. The molecule has 174 valence electrons. The fourth-order valence-corrected chi connectivity index (χ4v) is 4.44. The van der Waals surface area contributed by atoms with Crippen LogP contribution in [0, 0.1) is 23.0 Å². The number of nitrogens with zero attached hydrogens (tertiary/aromatic N) is 6. The summed E-state index contributed by atoms with van der Waals surface area (Å²) in [5, 5.41) is 14.3. The van der Waals surface area contributed by atoms with Crippen LogP contribution in [0.3, 0.4) is 0 Å². The van der Waals surface area contributed by atoms with E-state index in [0.717, 1.165) is 12.1 Å². The van der Waals surface area contributed by atoms with Crippen LogP contribution in [-0.4, -0.2) is 34.8 Å². The monoisotopic (exact) mass is 471 g/mol. The maximum Gasteiger partial charge on any atom is 0.237 e. The highest BCUT2D eigenvalue weighted by Crippen LogP contribution is 2.47. The van der Waals surface area contributed by atoms with Gasteiger partial charge in [0.2, 0.25) is 5.91 Å². The van der Waals surface area contributed by atoms with Gasteiger partial charge in [-0.1, -0.05) is 12.2 Å². The van der Waals surface area contributed by atoms with Crippen molar-refractivity contribution < 1.29 is 13.6 Å². The first-order valence-electron chi connectivity index (χ1n) is 10.8. The first-order valence-corrected chi connectivity index (χ1v) is 10.8. The van der Waals surface area contributed by atoms with Crippen molar-refractivity contribution in [1.29, 1.82) is 5.26 Å². The van der Waals surface area contributed by atoms with Crippen LogP contribution in [0.2, 0.25) is 0 Å². The number of benzene rings is 1. The molecule has 0 saturated heterocycles. The number of carbonyl (C=O) groups excluding carboxylic acids is 1. The van der Waals surface area contributed by atoms with Gasteiger partial charge >= 0.3 is 0 Å². The van der Waals surface area contributed by atoms with Gasteiger partial charge in [0.25, 0.3) is 0 Å². The van der Waals surface area contributed by atoms with Crippen molar-refractivity contribution in [2.75, 3.05) is 28.2 Å². The number of fused-ring (bicyclic) bond motifs is 2. The van der Waals surface area contributed by atoms with Crippen molar-refractivity contribution in [2.45, 2.75) is 13.3 Å². The minimum atomic E-state index is -1.08. The highest BCUT2D eigenvalue weighted by molar-refractivity contribution is 6.19. The molecule has 2 aliphatic heterocycles. The molecule has 4 heterocycles. The molecule has 0 radical (unpaired) electrons. The third-order valence-corrected chi connectivity index (χ3v) is 5.82. The van der Waals surface area contributed by atoms with E-state index in [1.807, 2.05) is 4.90 Å². The Morgan fingerprint density at radius 2 is 1.94 bits per heavy atom. The minimum Gasteiger partial charge on any atom is -0.348 e. The van der Waals surface area contributed by atoms with Crippen LogP contribution >= 0.6 is 0 Å². The van der Waals surface area contributed by atoms with Gasteiger partial charge in [-0.25, -0.2) is 23.7 Å². The van der Waals surface area contributed by atoms with Gasteiger partial charge in [-0.3, -0.25) is 9.69 Å². The third kappa shape index (κ3) is 3.40. The first kappa shape index (κ1) is 22.2. The van der Waals surface area contributed by atoms with E-state index in [1.54, 1.807) is 19.1 Å². The van der Waals surface area contributed by atoms with Crippen LogP contribution < -0.4 is 15.1 Å². The molecule has 1 N–H and O–H groups in total. The van der Waals surface area contributed by atoms with E-state index in [2.05, 4.69) is 39.5 Å². The van der Waals surface area contributed by atoms with Crippen molar-refractivity contribution in [1.82, 2.24) is 9.97 Å². The van der Waals surface area contributed by atoms with Crippen molar-refractivity contribution >= 4 is 51.5 Å². The van der Waals surface area contributed by atoms with Crippen LogP contribution in [-0.2, 0) is 11.2 Å². The zero-order chi connectivity index (χ0) is 24.9. The predicted molar refractivity (Wildman–Crippen MR) is 130 cm³/mol. The molecule has 35 heavy (non-hydrogen) atoms. The summed E-state index contributed by atoms with van der Waals surface area (Å²) in [6.45, 7) is 10.1. The van der Waals surface area contributed by atoms with Crippen LogP contribution in [0.5, 0.6) is 0 Å². The number of carbonyl (C=O) groups is 1. The van der Waals surface area contributed by atoms with Crippen molar-refractivity contribution in [3.05, 3.63) is 66.3 Å². The molecule has 1 amide bonds. The molecule has 2 aliphatic rings. The molecule has 10 heteroatoms. The maximum atomic E-state index is 14.0. The fourth-order valence-electron chi connectivity index (χ4n) is 4.44. The Bertz CT molecular complexity index is 1510. The molecule has 8 nitrogen and oxygen atoms in total. The first-order chi connectivity index (χ1) is 16.9. The number of hydrogen-bond acceptors (Lipinski definition) is 7. The summed E-state index contributed by atoms with van der Waals surface area (Å²) in [7, 11) is 0. The summed E-state index contributed by atoms with van der Waals surface area (Å²) < 4.78 is 27.6. The zero-order valence-electron chi connectivity index (χ0n) is 18.8. The smallest absolute Gasteiger partial charge is 0.237 e. The van der Waals surface area contributed by atoms with E-state index in [0.29, 0.717) is 52.7 Å². The number of rotatable bonds is 6. The summed E-state index contributed by atoms with van der Waals surface area (Å²) >= 11 is 0. The van der Waals surface area contributed by atoms with Crippen molar-refractivity contribution in [3.8, 4) is 6.07 Å². The normalized spacial score (nSPS) is 13.7. The molecule has 2 aromatic heterocycles. The number of amidine groups is 1. The van der Waals surface area contributed by atoms with E-state index in [-0.39, 0.29) is 29.4 Å². The summed E-state index contributed by atoms with van der Waals surface area (Å²) in [4.78, 5) is 30.1. The Kier molecular flexibility index (Phi) is 5.25. The number of pyridine rings is 2. The molecular formula is C25H19F2N7O. The molecule has 0 aliphatic carbocycles. The molecule has 0 saturated carbocycles. The van der Waals surface area contributed by atoms with Gasteiger partial charge in [0.05, 0.1) is 17.5 Å². The standard InChI is InChI=1S/C25H19F2N7O/c1-4-8-33(9-5-2)24-16(12-28)20-15-11-19(35)34(14-6-7-17(26)18(27)10-14)25(15)32-23-21(20)22(31-24)29-13(3)30-23/h4-7,10H,1-2,8-9,11H2,3H3,(H,29,30,31,32). The minimum absolute atomic E-state index is 0.0820. The second kappa shape index (κ2) is 8.29. The number of anilines is 4. The van der Waals surface area contributed by atoms with Gasteiger partial charge in [0, 0.05) is 30.1 Å². The average Bonchev–Trinajstić information content (AvgIpc) is 3.15. The number of aliphatic imine (C=N–C) groups is 1. The number of hydrogen-bond donors (Lipinski definition) is 1. The highest BCUT2D eigenvalue weighted by atomic mass is 19.2. The molecule has 1 aromatic carbocycles. The lowest BCUT2D eigenvalue weighted by Crippen LogP contribution is -2.26. The highest BCUT2D eigenvalue weighted by Gasteiger charge is 2.37. The molecule has 0 atom stereocenters. The van der Waals surface area contributed by atoms with E-state index >= 15 is 0 Å². The molecule has 3 aromatic rings. The fraction of sp³-hybridized carbons (Fsp3) is 0.160. The lowest BCUT2D eigenvalue weighted by Gasteiger charge is -2.26. The molecule has 0 spiro atoms.